The molecule has 0 heterocycles. The minimum absolute atomic E-state index is 0.769. The smallest absolute Gasteiger partial charge is 0.127 e. The third-order valence-corrected chi connectivity index (χ3v) is 3.33. The fourth-order valence-electron chi connectivity index (χ4n) is 1.93. The van der Waals surface area contributed by atoms with Gasteiger partial charge in [-0.15, -0.1) is 0 Å². The number of ether oxygens (including phenoxy) is 1. The van der Waals surface area contributed by atoms with Gasteiger partial charge >= 0.3 is 0 Å². The molecule has 15 heavy (non-hydrogen) atoms. The summed E-state index contributed by atoms with van der Waals surface area (Å²) >= 11 is 0. The lowest BCUT2D eigenvalue weighted by molar-refractivity contribution is 0.179. The lowest BCUT2D eigenvalue weighted by Gasteiger charge is -2.26. The molecule has 1 aromatic rings. The molecule has 82 valence electrons. The molecule has 0 aliphatic heterocycles. The van der Waals surface area contributed by atoms with Gasteiger partial charge in [-0.25, -0.2) is 0 Å². The van der Waals surface area contributed by atoms with E-state index in [1.807, 2.05) is 19.1 Å². The van der Waals surface area contributed by atoms with E-state index in [0.29, 0.717) is 0 Å². The molecule has 1 fully saturated rings. The zero-order valence-electron chi connectivity index (χ0n) is 9.55. The molecule has 0 atom stereocenters. The van der Waals surface area contributed by atoms with E-state index < -0.39 is 0 Å². The highest BCUT2D eigenvalue weighted by molar-refractivity contribution is 5.56. The SMILES string of the molecule is Cc1ccc(N)c(C)c1OCC1CCC1. The van der Waals surface area contributed by atoms with Crippen molar-refractivity contribution in [3.05, 3.63) is 23.3 Å². The first kappa shape index (κ1) is 10.3. The van der Waals surface area contributed by atoms with Crippen LogP contribution in [-0.2, 0) is 0 Å². The highest BCUT2D eigenvalue weighted by atomic mass is 16.5. The summed E-state index contributed by atoms with van der Waals surface area (Å²) in [6, 6.07) is 3.97. The normalized spacial score (nSPS) is 16.1. The highest BCUT2D eigenvalue weighted by Gasteiger charge is 2.18. The molecule has 0 radical (unpaired) electrons. The molecule has 0 amide bonds. The quantitative estimate of drug-likeness (QED) is 0.770. The Bertz CT molecular complexity index is 356. The van der Waals surface area contributed by atoms with Crippen LogP contribution in [0.3, 0.4) is 0 Å². The summed E-state index contributed by atoms with van der Waals surface area (Å²) in [5.74, 6) is 1.76. The van der Waals surface area contributed by atoms with Gasteiger partial charge in [0.05, 0.1) is 6.61 Å². The molecule has 0 saturated heterocycles. The predicted octanol–water partition coefficient (Wildman–Crippen LogP) is 3.06. The standard InChI is InChI=1S/C13H19NO/c1-9-6-7-12(14)10(2)13(9)15-8-11-4-3-5-11/h6-7,11H,3-5,8,14H2,1-2H3. The number of anilines is 1. The Morgan fingerprint density at radius 3 is 2.67 bits per heavy atom. The Morgan fingerprint density at radius 1 is 1.33 bits per heavy atom. The summed E-state index contributed by atoms with van der Waals surface area (Å²) in [5, 5.41) is 0. The van der Waals surface area contributed by atoms with E-state index in [1.54, 1.807) is 0 Å². The molecule has 1 aromatic carbocycles. The van der Waals surface area contributed by atoms with Gasteiger partial charge in [0.2, 0.25) is 0 Å². The van der Waals surface area contributed by atoms with Crippen LogP contribution in [0.2, 0.25) is 0 Å². The molecule has 2 N–H and O–H groups in total. The highest BCUT2D eigenvalue weighted by Crippen LogP contribution is 2.31. The van der Waals surface area contributed by atoms with E-state index in [1.165, 1.54) is 24.8 Å². The van der Waals surface area contributed by atoms with Gasteiger partial charge in [0.15, 0.2) is 0 Å². The van der Waals surface area contributed by atoms with Crippen molar-refractivity contribution in [1.29, 1.82) is 0 Å². The van der Waals surface area contributed by atoms with Gasteiger partial charge < -0.3 is 10.5 Å². The minimum Gasteiger partial charge on any atom is -0.493 e. The topological polar surface area (TPSA) is 35.2 Å². The largest absolute Gasteiger partial charge is 0.493 e. The Kier molecular flexibility index (Phi) is 2.85. The Hall–Kier alpha value is -1.18. The summed E-state index contributed by atoms with van der Waals surface area (Å²) in [5.41, 5.74) is 8.95. The number of benzene rings is 1. The molecule has 1 saturated carbocycles. The first-order valence-electron chi connectivity index (χ1n) is 5.67. The zero-order chi connectivity index (χ0) is 10.8. The van der Waals surface area contributed by atoms with Crippen LogP contribution in [0.5, 0.6) is 5.75 Å². The van der Waals surface area contributed by atoms with E-state index >= 15 is 0 Å². The number of nitrogens with two attached hydrogens (primary N) is 1. The molecule has 2 nitrogen and oxygen atoms in total. The van der Waals surface area contributed by atoms with Gasteiger partial charge in [-0.1, -0.05) is 12.5 Å². The number of rotatable bonds is 3. The second-order valence-corrected chi connectivity index (χ2v) is 4.53. The molecule has 1 aliphatic carbocycles. The average molecular weight is 205 g/mol. The van der Waals surface area contributed by atoms with Crippen LogP contribution in [0.25, 0.3) is 0 Å². The van der Waals surface area contributed by atoms with Crippen LogP contribution in [-0.4, -0.2) is 6.61 Å². The van der Waals surface area contributed by atoms with Gasteiger partial charge in [0.1, 0.15) is 5.75 Å². The third kappa shape index (κ3) is 2.09. The van der Waals surface area contributed by atoms with Crippen LogP contribution in [0.15, 0.2) is 12.1 Å². The van der Waals surface area contributed by atoms with Gasteiger partial charge in [0.25, 0.3) is 0 Å². The number of aryl methyl sites for hydroxylation is 1. The number of hydrogen-bond donors (Lipinski definition) is 1. The van der Waals surface area contributed by atoms with E-state index in [9.17, 15) is 0 Å². The van der Waals surface area contributed by atoms with Crippen molar-refractivity contribution in [1.82, 2.24) is 0 Å². The Morgan fingerprint density at radius 2 is 2.07 bits per heavy atom. The van der Waals surface area contributed by atoms with Crippen LogP contribution in [0.4, 0.5) is 5.69 Å². The van der Waals surface area contributed by atoms with Crippen molar-refractivity contribution in [2.45, 2.75) is 33.1 Å². The summed E-state index contributed by atoms with van der Waals surface area (Å²) in [6.07, 6.45) is 4.00. The van der Waals surface area contributed by atoms with Crippen LogP contribution in [0.1, 0.15) is 30.4 Å². The van der Waals surface area contributed by atoms with E-state index in [4.69, 9.17) is 10.5 Å². The fourth-order valence-corrected chi connectivity index (χ4v) is 1.93. The van der Waals surface area contributed by atoms with Crippen LogP contribution < -0.4 is 10.5 Å². The second-order valence-electron chi connectivity index (χ2n) is 4.53. The van der Waals surface area contributed by atoms with Gasteiger partial charge in [-0.3, -0.25) is 0 Å². The lowest BCUT2D eigenvalue weighted by atomic mass is 9.86. The predicted molar refractivity (Wildman–Crippen MR) is 63.2 cm³/mol. The summed E-state index contributed by atoms with van der Waals surface area (Å²) in [4.78, 5) is 0. The summed E-state index contributed by atoms with van der Waals surface area (Å²) in [6.45, 7) is 4.95. The van der Waals surface area contributed by atoms with E-state index in [2.05, 4.69) is 6.92 Å². The molecular formula is C13H19NO. The van der Waals surface area contributed by atoms with Crippen molar-refractivity contribution in [3.8, 4) is 5.75 Å². The van der Waals surface area contributed by atoms with Crippen LogP contribution >= 0.6 is 0 Å². The Balaban J connectivity index is 2.08. The lowest BCUT2D eigenvalue weighted by Crippen LogP contribution is -2.19. The zero-order valence-corrected chi connectivity index (χ0v) is 9.55. The third-order valence-electron chi connectivity index (χ3n) is 3.33. The van der Waals surface area contributed by atoms with Crippen molar-refractivity contribution >= 4 is 5.69 Å². The first-order chi connectivity index (χ1) is 7.18. The van der Waals surface area contributed by atoms with E-state index in [-0.39, 0.29) is 0 Å². The van der Waals surface area contributed by atoms with Crippen molar-refractivity contribution in [2.75, 3.05) is 12.3 Å². The first-order valence-corrected chi connectivity index (χ1v) is 5.67. The average Bonchev–Trinajstić information content (AvgIpc) is 2.15. The summed E-state index contributed by atoms with van der Waals surface area (Å²) in [7, 11) is 0. The maximum atomic E-state index is 5.87. The second kappa shape index (κ2) is 4.13. The maximum absolute atomic E-state index is 5.87. The molecule has 2 rings (SSSR count). The van der Waals surface area contributed by atoms with Gasteiger partial charge in [0, 0.05) is 11.3 Å². The van der Waals surface area contributed by atoms with Crippen molar-refractivity contribution in [3.63, 3.8) is 0 Å². The van der Waals surface area contributed by atoms with E-state index in [0.717, 1.165) is 29.5 Å². The van der Waals surface area contributed by atoms with Crippen LogP contribution in [0, 0.1) is 19.8 Å². The maximum Gasteiger partial charge on any atom is 0.127 e. The monoisotopic (exact) mass is 205 g/mol. The molecule has 2 heteroatoms. The summed E-state index contributed by atoms with van der Waals surface area (Å²) < 4.78 is 5.87. The number of hydrogen-bond acceptors (Lipinski definition) is 2. The van der Waals surface area contributed by atoms with Crippen molar-refractivity contribution < 1.29 is 4.74 Å². The minimum atomic E-state index is 0.769. The van der Waals surface area contributed by atoms with Gasteiger partial charge in [-0.2, -0.15) is 0 Å². The molecule has 0 unspecified atom stereocenters. The number of nitrogen functional groups attached to an aromatic ring is 1. The molecule has 0 aromatic heterocycles. The molecule has 0 spiro atoms. The molecule has 1 aliphatic rings. The molecule has 0 bridgehead atoms. The molecular weight excluding hydrogens is 186 g/mol. The van der Waals surface area contributed by atoms with Gasteiger partial charge in [-0.05, 0) is 44.2 Å². The van der Waals surface area contributed by atoms with Crippen molar-refractivity contribution in [2.24, 2.45) is 5.92 Å². The fraction of sp³-hybridized carbons (Fsp3) is 0.538. The Labute approximate surface area is 91.4 Å².